The Morgan fingerprint density at radius 1 is 0.282 bits per heavy atom. The smallest absolute Gasteiger partial charge is 0.0780 e. The number of hydrogen-bond donors (Lipinski definition) is 1. The van der Waals surface area contributed by atoms with Crippen LogP contribution in [0.3, 0.4) is 0 Å². The Morgan fingerprint density at radius 2 is 0.641 bits per heavy atom. The quantitative estimate of drug-likeness (QED) is 0.179. The van der Waals surface area contributed by atoms with Crippen molar-refractivity contribution in [2.75, 3.05) is 11.9 Å². The second kappa shape index (κ2) is 15.6. The van der Waals surface area contributed by atoms with Gasteiger partial charge in [0.15, 0.2) is 0 Å². The fourth-order valence-electron chi connectivity index (χ4n) is 14.4. The van der Waals surface area contributed by atoms with Gasteiger partial charge in [0, 0.05) is 91.5 Å². The molecule has 14 aromatic carbocycles. The van der Waals surface area contributed by atoms with E-state index in [-0.39, 0.29) is 0 Å². The van der Waals surface area contributed by atoms with Crippen molar-refractivity contribution in [3.8, 4) is 44.5 Å². The first-order valence-electron chi connectivity index (χ1n) is 27.0. The van der Waals surface area contributed by atoms with Gasteiger partial charge in [-0.3, -0.25) is 15.0 Å². The van der Waals surface area contributed by atoms with Crippen LogP contribution >= 0.6 is 0 Å². The molecule has 0 fully saturated rings. The third-order valence-corrected chi connectivity index (χ3v) is 17.4. The number of para-hydroxylation sites is 4. The third kappa shape index (κ3) is 5.50. The van der Waals surface area contributed by atoms with Gasteiger partial charge >= 0.3 is 0 Å². The Hall–Kier alpha value is -10.3. The topological polar surface area (TPSA) is 50.7 Å². The van der Waals surface area contributed by atoms with Crippen LogP contribution in [0.1, 0.15) is 5.56 Å². The molecule has 3 aromatic heterocycles. The summed E-state index contributed by atoms with van der Waals surface area (Å²) in [5.41, 5.74) is 14.9. The number of benzene rings is 12. The van der Waals surface area contributed by atoms with Gasteiger partial charge in [0.05, 0.1) is 16.6 Å². The molecule has 4 heterocycles. The van der Waals surface area contributed by atoms with Crippen LogP contribution in [0.15, 0.2) is 231 Å². The minimum Gasteiger partial charge on any atom is -0.381 e. The lowest BCUT2D eigenvalue weighted by Gasteiger charge is -2.22. The first kappa shape index (κ1) is 42.0. The molecule has 0 atom stereocenters. The van der Waals surface area contributed by atoms with Crippen LogP contribution in [0.25, 0.3) is 180 Å². The van der Waals surface area contributed by atoms with Gasteiger partial charge in [0.25, 0.3) is 0 Å². The second-order valence-corrected chi connectivity index (χ2v) is 21.2. The van der Waals surface area contributed by atoms with Crippen LogP contribution in [0.4, 0.5) is 5.69 Å². The maximum atomic E-state index is 5.15. The summed E-state index contributed by atoms with van der Waals surface area (Å²) in [4.78, 5) is 15.4. The molecule has 0 saturated carbocycles. The molecular formula is C74H42N4. The van der Waals surface area contributed by atoms with Gasteiger partial charge in [-0.2, -0.15) is 0 Å². The summed E-state index contributed by atoms with van der Waals surface area (Å²) in [5, 5.41) is 29.5. The molecule has 1 N–H and O–H groups in total. The first-order chi connectivity index (χ1) is 38.8. The highest BCUT2D eigenvalue weighted by atomic mass is 14.9. The Morgan fingerprint density at radius 3 is 1.10 bits per heavy atom. The zero-order valence-electron chi connectivity index (χ0n) is 42.1. The molecule has 4 heteroatoms. The van der Waals surface area contributed by atoms with Crippen LogP contribution in [-0.2, 0) is 0 Å². The normalized spacial score (nSPS) is 12.9. The summed E-state index contributed by atoms with van der Waals surface area (Å²) in [6, 6.07) is 76.8. The molecule has 0 radical (unpaired) electrons. The summed E-state index contributed by atoms with van der Waals surface area (Å²) in [6.45, 7) is 0.778. The molecule has 4 nitrogen and oxygen atoms in total. The van der Waals surface area contributed by atoms with Crippen molar-refractivity contribution in [1.29, 1.82) is 0 Å². The maximum Gasteiger partial charge on any atom is 0.0780 e. The summed E-state index contributed by atoms with van der Waals surface area (Å²) in [5.74, 6) is 0. The lowest BCUT2D eigenvalue weighted by atomic mass is 9.84. The second-order valence-electron chi connectivity index (χ2n) is 21.2. The van der Waals surface area contributed by atoms with E-state index in [0.29, 0.717) is 0 Å². The van der Waals surface area contributed by atoms with Crippen LogP contribution in [0.2, 0.25) is 0 Å². The van der Waals surface area contributed by atoms with E-state index in [9.17, 15) is 0 Å². The average Bonchev–Trinajstić information content (AvgIpc) is 4.22. The maximum absolute atomic E-state index is 5.15. The van der Waals surface area contributed by atoms with E-state index in [2.05, 4.69) is 206 Å². The first-order valence-corrected chi connectivity index (χ1v) is 27.0. The highest BCUT2D eigenvalue weighted by Gasteiger charge is 2.30. The zero-order chi connectivity index (χ0) is 50.7. The zero-order valence-corrected chi connectivity index (χ0v) is 42.1. The van der Waals surface area contributed by atoms with Gasteiger partial charge in [-0.1, -0.05) is 188 Å². The molecule has 0 aliphatic carbocycles. The predicted molar refractivity (Wildman–Crippen MR) is 332 cm³/mol. The van der Waals surface area contributed by atoms with E-state index >= 15 is 0 Å². The molecule has 0 unspecified atom stereocenters. The van der Waals surface area contributed by atoms with Gasteiger partial charge in [0.1, 0.15) is 0 Å². The monoisotopic (exact) mass is 986 g/mol. The number of fused-ring (bicyclic) bond motifs is 15. The van der Waals surface area contributed by atoms with E-state index < -0.39 is 0 Å². The van der Waals surface area contributed by atoms with Crippen molar-refractivity contribution in [3.63, 3.8) is 0 Å². The molecule has 0 amide bonds. The van der Waals surface area contributed by atoms with E-state index in [1.54, 1.807) is 0 Å². The van der Waals surface area contributed by atoms with Crippen molar-refractivity contribution in [2.24, 2.45) is 0 Å². The highest BCUT2D eigenvalue weighted by Crippen LogP contribution is 2.57. The van der Waals surface area contributed by atoms with Gasteiger partial charge in [-0.15, -0.1) is 0 Å². The van der Waals surface area contributed by atoms with Gasteiger partial charge < -0.3 is 5.32 Å². The Kier molecular flexibility index (Phi) is 8.42. The number of hydrogen-bond acceptors (Lipinski definition) is 4. The SMILES string of the molecule is C1=Cc2cccc(-c3c4ccccc4c(-c4cccc5cccnc45)c4c5cc6c(cc7c8c(-c9cccc%10cccnc9%10)c9ccccc9c(-c9cccc%10cccnc9%10)c8c8cccc6c87)c6cccc(c34)c65)c2NC1. The van der Waals surface area contributed by atoms with Gasteiger partial charge in [-0.25, -0.2) is 0 Å². The number of anilines is 1. The standard InChI is InChI=1S/C74H42N4/c1-3-25-47-45(23-1)63(53-31-5-15-41-19-11-35-75-71(41)53)67-51-29-9-27-49-58-40-60-62-50(57(58)39-59(61(49)51)69(67)65(47)55-33-7-17-43-21-13-37-77-73(43)55)28-10-30-52(62)68-64(54-32-6-16-42-20-12-36-76-72(42)54)46-24-2-4-26-48(46)66(70(60)68)56-34-8-18-44-22-14-38-78-74(44)56/h1-35,37-40,76H,36H2. The minimum absolute atomic E-state index is 0.778. The van der Waals surface area contributed by atoms with Crippen molar-refractivity contribution >= 4 is 141 Å². The van der Waals surface area contributed by atoms with E-state index in [4.69, 9.17) is 15.0 Å². The molecule has 0 saturated heterocycles. The predicted octanol–water partition coefficient (Wildman–Crippen LogP) is 19.7. The van der Waals surface area contributed by atoms with E-state index in [0.717, 1.165) is 55.9 Å². The van der Waals surface area contributed by atoms with E-state index in [1.807, 2.05) is 36.8 Å². The Labute approximate surface area is 446 Å². The molecular weight excluding hydrogens is 945 g/mol. The highest BCUT2D eigenvalue weighted by molar-refractivity contribution is 6.47. The Balaban J connectivity index is 1.08. The Bertz CT molecular complexity index is 5500. The summed E-state index contributed by atoms with van der Waals surface area (Å²) in [7, 11) is 0. The summed E-state index contributed by atoms with van der Waals surface area (Å²) >= 11 is 0. The molecule has 1 aliphatic heterocycles. The molecule has 17 aromatic rings. The van der Waals surface area contributed by atoms with Crippen molar-refractivity contribution in [1.82, 2.24) is 15.0 Å². The molecule has 1 aliphatic rings. The third-order valence-electron chi connectivity index (χ3n) is 17.4. The van der Waals surface area contributed by atoms with Crippen molar-refractivity contribution in [2.45, 2.75) is 0 Å². The number of pyridine rings is 3. The van der Waals surface area contributed by atoms with Crippen LogP contribution in [-0.4, -0.2) is 21.5 Å². The molecule has 358 valence electrons. The minimum atomic E-state index is 0.778. The van der Waals surface area contributed by atoms with Gasteiger partial charge in [0.2, 0.25) is 0 Å². The fourth-order valence-corrected chi connectivity index (χ4v) is 14.4. The lowest BCUT2D eigenvalue weighted by Crippen LogP contribution is -2.06. The number of rotatable bonds is 4. The average molecular weight is 987 g/mol. The van der Waals surface area contributed by atoms with E-state index in [1.165, 1.54) is 136 Å². The molecule has 18 rings (SSSR count). The summed E-state index contributed by atoms with van der Waals surface area (Å²) in [6.07, 6.45) is 10.3. The van der Waals surface area contributed by atoms with Crippen LogP contribution < -0.4 is 5.32 Å². The van der Waals surface area contributed by atoms with Crippen molar-refractivity contribution < 1.29 is 0 Å². The molecule has 0 spiro atoms. The lowest BCUT2D eigenvalue weighted by molar-refractivity contribution is 1.31. The van der Waals surface area contributed by atoms with Crippen molar-refractivity contribution in [3.05, 3.63) is 236 Å². The molecule has 0 bridgehead atoms. The number of nitrogens with one attached hydrogen (secondary N) is 1. The van der Waals surface area contributed by atoms with Gasteiger partial charge in [-0.05, 0) is 133 Å². The molecule has 78 heavy (non-hydrogen) atoms. The van der Waals surface area contributed by atoms with Crippen LogP contribution in [0.5, 0.6) is 0 Å². The largest absolute Gasteiger partial charge is 0.381 e. The number of nitrogens with zero attached hydrogens (tertiary/aromatic N) is 3. The summed E-state index contributed by atoms with van der Waals surface area (Å²) < 4.78 is 0. The van der Waals surface area contributed by atoms with Crippen LogP contribution in [0, 0.1) is 0 Å². The fraction of sp³-hybridized carbons (Fsp3) is 0.0135. The number of aromatic nitrogens is 3.